The van der Waals surface area contributed by atoms with Gasteiger partial charge in [-0.05, 0) is 12.3 Å². The average molecular weight is 288 g/mol. The van der Waals surface area contributed by atoms with E-state index in [9.17, 15) is 4.21 Å². The van der Waals surface area contributed by atoms with Crippen LogP contribution < -0.4 is 5.32 Å². The Morgan fingerprint density at radius 2 is 1.42 bits per heavy atom. The zero-order chi connectivity index (χ0) is 13.8. The summed E-state index contributed by atoms with van der Waals surface area (Å²) in [5, 5.41) is 3.24. The summed E-state index contributed by atoms with van der Waals surface area (Å²) in [5.74, 6) is 2.57. The summed E-state index contributed by atoms with van der Waals surface area (Å²) in [6.45, 7) is 4.44. The van der Waals surface area contributed by atoms with E-state index in [4.69, 9.17) is 0 Å². The predicted octanol–water partition coefficient (Wildman–Crippen LogP) is 3.88. The number of hydrogen-bond acceptors (Lipinski definition) is 2. The Labute approximate surface area is 122 Å². The Bertz CT molecular complexity index is 229. The highest BCUT2D eigenvalue weighted by Gasteiger charge is 2.18. The van der Waals surface area contributed by atoms with Crippen molar-refractivity contribution in [2.24, 2.45) is 5.92 Å². The minimum absolute atomic E-state index is 0.551. The van der Waals surface area contributed by atoms with Gasteiger partial charge in [0.1, 0.15) is 0 Å². The Morgan fingerprint density at radius 1 is 0.895 bits per heavy atom. The third kappa shape index (κ3) is 9.61. The second-order valence-electron chi connectivity index (χ2n) is 6.02. The van der Waals surface area contributed by atoms with Gasteiger partial charge in [-0.3, -0.25) is 4.21 Å². The largest absolute Gasteiger partial charge is 0.316 e. The Balaban J connectivity index is 1.74. The van der Waals surface area contributed by atoms with Gasteiger partial charge in [-0.1, -0.05) is 64.7 Å². The van der Waals surface area contributed by atoms with Crippen LogP contribution in [0.15, 0.2) is 0 Å². The summed E-state index contributed by atoms with van der Waals surface area (Å²) in [6, 6.07) is 0. The van der Waals surface area contributed by atoms with Crippen LogP contribution in [-0.4, -0.2) is 28.8 Å². The van der Waals surface area contributed by atoms with Gasteiger partial charge >= 0.3 is 0 Å². The summed E-state index contributed by atoms with van der Waals surface area (Å²) in [4.78, 5) is 0. The van der Waals surface area contributed by atoms with E-state index < -0.39 is 10.8 Å². The van der Waals surface area contributed by atoms with Gasteiger partial charge < -0.3 is 5.32 Å². The van der Waals surface area contributed by atoms with E-state index in [0.717, 1.165) is 24.6 Å². The highest BCUT2D eigenvalue weighted by molar-refractivity contribution is 7.84. The van der Waals surface area contributed by atoms with E-state index >= 15 is 0 Å². The zero-order valence-electron chi connectivity index (χ0n) is 12.8. The fourth-order valence-electron chi connectivity index (χ4n) is 2.56. The lowest BCUT2D eigenvalue weighted by Crippen LogP contribution is -2.44. The molecule has 2 nitrogen and oxygen atoms in total. The predicted molar refractivity (Wildman–Crippen MR) is 86.1 cm³/mol. The second kappa shape index (κ2) is 11.9. The van der Waals surface area contributed by atoms with Crippen molar-refractivity contribution in [3.8, 4) is 0 Å². The molecule has 0 bridgehead atoms. The van der Waals surface area contributed by atoms with Crippen LogP contribution in [0.2, 0.25) is 0 Å². The van der Waals surface area contributed by atoms with Crippen molar-refractivity contribution >= 4 is 10.8 Å². The van der Waals surface area contributed by atoms with E-state index in [1.807, 2.05) is 0 Å². The molecule has 3 heteroatoms. The van der Waals surface area contributed by atoms with Gasteiger partial charge in [-0.2, -0.15) is 0 Å². The first-order chi connectivity index (χ1) is 9.33. The Kier molecular flexibility index (Phi) is 10.7. The quantitative estimate of drug-likeness (QED) is 0.521. The molecule has 0 amide bonds. The molecule has 1 N–H and O–H groups in total. The van der Waals surface area contributed by atoms with Gasteiger partial charge in [0.15, 0.2) is 0 Å². The normalized spacial score (nSPS) is 17.3. The molecule has 0 spiro atoms. The standard InChI is InChI=1S/C16H33NOS/c1-2-3-4-5-6-7-8-9-10-11-12-19(18)15-16-13-17-14-16/h16-17H,2-15H2,1H3. The molecular weight excluding hydrogens is 254 g/mol. The van der Waals surface area contributed by atoms with Crippen LogP contribution in [0.25, 0.3) is 0 Å². The molecule has 19 heavy (non-hydrogen) atoms. The summed E-state index contributed by atoms with van der Waals surface area (Å²) < 4.78 is 11.8. The number of hydrogen-bond donors (Lipinski definition) is 1. The first-order valence-electron chi connectivity index (χ1n) is 8.38. The maximum Gasteiger partial charge on any atom is 0.0287 e. The lowest BCUT2D eigenvalue weighted by Gasteiger charge is -2.26. The van der Waals surface area contributed by atoms with Gasteiger partial charge in [0, 0.05) is 35.4 Å². The average Bonchev–Trinajstić information content (AvgIpc) is 2.36. The SMILES string of the molecule is CCCCCCCCCCCCS(=O)CC1CNC1. The molecule has 0 aromatic heterocycles. The third-order valence-corrected chi connectivity index (χ3v) is 5.60. The Morgan fingerprint density at radius 3 is 1.89 bits per heavy atom. The van der Waals surface area contributed by atoms with Crippen molar-refractivity contribution in [3.63, 3.8) is 0 Å². The Hall–Kier alpha value is 0.110. The van der Waals surface area contributed by atoms with Crippen molar-refractivity contribution in [2.45, 2.75) is 71.1 Å². The maximum absolute atomic E-state index is 11.8. The van der Waals surface area contributed by atoms with Crippen LogP contribution in [-0.2, 0) is 10.8 Å². The molecule has 1 saturated heterocycles. The highest BCUT2D eigenvalue weighted by atomic mass is 32.2. The lowest BCUT2D eigenvalue weighted by atomic mass is 10.1. The summed E-state index contributed by atoms with van der Waals surface area (Å²) in [5.41, 5.74) is 0. The fraction of sp³-hybridized carbons (Fsp3) is 1.00. The molecule has 1 unspecified atom stereocenters. The number of nitrogens with one attached hydrogen (secondary N) is 1. The molecule has 1 aliphatic rings. The van der Waals surface area contributed by atoms with Crippen LogP contribution in [0.1, 0.15) is 71.1 Å². The van der Waals surface area contributed by atoms with Crippen molar-refractivity contribution < 1.29 is 4.21 Å². The van der Waals surface area contributed by atoms with Crippen LogP contribution in [0.4, 0.5) is 0 Å². The fourth-order valence-corrected chi connectivity index (χ4v) is 4.02. The minimum Gasteiger partial charge on any atom is -0.316 e. The smallest absolute Gasteiger partial charge is 0.0287 e. The second-order valence-corrected chi connectivity index (χ2v) is 7.64. The minimum atomic E-state index is -0.551. The monoisotopic (exact) mass is 287 g/mol. The van der Waals surface area contributed by atoms with E-state index in [1.54, 1.807) is 0 Å². The van der Waals surface area contributed by atoms with Crippen LogP contribution in [0.5, 0.6) is 0 Å². The molecule has 0 radical (unpaired) electrons. The molecule has 0 aromatic carbocycles. The van der Waals surface area contributed by atoms with Crippen molar-refractivity contribution in [2.75, 3.05) is 24.6 Å². The zero-order valence-corrected chi connectivity index (χ0v) is 13.6. The van der Waals surface area contributed by atoms with E-state index in [2.05, 4.69) is 12.2 Å². The molecule has 1 aliphatic heterocycles. The third-order valence-electron chi connectivity index (χ3n) is 4.01. The molecule has 0 saturated carbocycles. The van der Waals surface area contributed by atoms with Crippen LogP contribution in [0.3, 0.4) is 0 Å². The van der Waals surface area contributed by atoms with Gasteiger partial charge in [0.25, 0.3) is 0 Å². The summed E-state index contributed by atoms with van der Waals surface area (Å²) in [7, 11) is -0.551. The maximum atomic E-state index is 11.8. The van der Waals surface area contributed by atoms with Gasteiger partial charge in [0.05, 0.1) is 0 Å². The molecule has 0 aromatic rings. The van der Waals surface area contributed by atoms with Crippen LogP contribution in [0, 0.1) is 5.92 Å². The van der Waals surface area contributed by atoms with Gasteiger partial charge in [0.2, 0.25) is 0 Å². The van der Waals surface area contributed by atoms with Crippen molar-refractivity contribution in [1.82, 2.24) is 5.32 Å². The lowest BCUT2D eigenvalue weighted by molar-refractivity contribution is 0.382. The summed E-state index contributed by atoms with van der Waals surface area (Å²) >= 11 is 0. The van der Waals surface area contributed by atoms with Crippen molar-refractivity contribution in [1.29, 1.82) is 0 Å². The van der Waals surface area contributed by atoms with Crippen molar-refractivity contribution in [3.05, 3.63) is 0 Å². The van der Waals surface area contributed by atoms with E-state index in [0.29, 0.717) is 5.92 Å². The summed E-state index contributed by atoms with van der Waals surface area (Å²) in [6.07, 6.45) is 13.6. The first-order valence-corrected chi connectivity index (χ1v) is 9.87. The van der Waals surface area contributed by atoms with E-state index in [1.165, 1.54) is 64.2 Å². The topological polar surface area (TPSA) is 29.1 Å². The highest BCUT2D eigenvalue weighted by Crippen LogP contribution is 2.11. The molecule has 0 aliphatic carbocycles. The molecule has 1 atom stereocenters. The first kappa shape index (κ1) is 17.2. The molecular formula is C16H33NOS. The molecule has 1 heterocycles. The molecule has 114 valence electrons. The van der Waals surface area contributed by atoms with Gasteiger partial charge in [-0.15, -0.1) is 0 Å². The van der Waals surface area contributed by atoms with Crippen LogP contribution >= 0.6 is 0 Å². The van der Waals surface area contributed by atoms with E-state index in [-0.39, 0.29) is 0 Å². The molecule has 1 rings (SSSR count). The van der Waals surface area contributed by atoms with Gasteiger partial charge in [-0.25, -0.2) is 0 Å². The number of unbranched alkanes of at least 4 members (excludes halogenated alkanes) is 9. The molecule has 1 fully saturated rings. The number of rotatable bonds is 13.